The fourth-order valence-corrected chi connectivity index (χ4v) is 4.47. The summed E-state index contributed by atoms with van der Waals surface area (Å²) in [6.45, 7) is 9.30. The minimum Gasteiger partial charge on any atom is -0.311 e. The van der Waals surface area contributed by atoms with E-state index in [0.29, 0.717) is 0 Å². The molecule has 0 radical (unpaired) electrons. The first-order valence-electron chi connectivity index (χ1n) is 9.69. The van der Waals surface area contributed by atoms with Crippen molar-refractivity contribution in [2.75, 3.05) is 33.7 Å². The van der Waals surface area contributed by atoms with Crippen molar-refractivity contribution < 1.29 is 0 Å². The summed E-state index contributed by atoms with van der Waals surface area (Å²) in [6, 6.07) is 7.62. The second-order valence-corrected chi connectivity index (χ2v) is 8.51. The monoisotopic (exact) mass is 329 g/mol. The van der Waals surface area contributed by atoms with Crippen LogP contribution in [-0.4, -0.2) is 55.1 Å². The van der Waals surface area contributed by atoms with Crippen molar-refractivity contribution >= 4 is 0 Å². The highest BCUT2D eigenvalue weighted by molar-refractivity contribution is 5.38. The summed E-state index contributed by atoms with van der Waals surface area (Å²) in [7, 11) is 4.43. The molecular formula is C21H35N3. The highest BCUT2D eigenvalue weighted by atomic mass is 15.2. The normalized spacial score (nSPS) is 19.9. The maximum absolute atomic E-state index is 3.75. The third-order valence-electron chi connectivity index (χ3n) is 6.17. The fraction of sp³-hybridized carbons (Fsp3) is 0.714. The largest absolute Gasteiger partial charge is 0.311 e. The minimum atomic E-state index is 0.231. The third kappa shape index (κ3) is 4.01. The van der Waals surface area contributed by atoms with E-state index >= 15 is 0 Å². The molecule has 2 aliphatic rings. The number of rotatable bonds is 6. The molecule has 1 heterocycles. The number of hydrogen-bond donors (Lipinski definition) is 1. The van der Waals surface area contributed by atoms with Gasteiger partial charge in [0.25, 0.3) is 0 Å². The van der Waals surface area contributed by atoms with E-state index in [1.54, 1.807) is 11.1 Å². The zero-order chi connectivity index (χ0) is 17.2. The van der Waals surface area contributed by atoms with E-state index in [4.69, 9.17) is 0 Å². The standard InChI is InChI=1S/C21H35N3/c1-21(2,24-13-11-19(12-14-24)23(3)4)16-22-15-18-9-5-7-17-8-6-10-20(17)18/h5,7,9,19,22H,6,8,10-16H2,1-4H3. The molecule has 0 spiro atoms. The predicted molar refractivity (Wildman–Crippen MR) is 103 cm³/mol. The highest BCUT2D eigenvalue weighted by Crippen LogP contribution is 2.26. The number of piperidine rings is 1. The summed E-state index contributed by atoms with van der Waals surface area (Å²) >= 11 is 0. The van der Waals surface area contributed by atoms with Gasteiger partial charge in [-0.25, -0.2) is 0 Å². The number of nitrogens with zero attached hydrogens (tertiary/aromatic N) is 2. The molecular weight excluding hydrogens is 294 g/mol. The van der Waals surface area contributed by atoms with Crippen LogP contribution in [-0.2, 0) is 19.4 Å². The zero-order valence-corrected chi connectivity index (χ0v) is 16.1. The minimum absolute atomic E-state index is 0.231. The van der Waals surface area contributed by atoms with E-state index in [-0.39, 0.29) is 5.54 Å². The maximum Gasteiger partial charge on any atom is 0.0277 e. The lowest BCUT2D eigenvalue weighted by molar-refractivity contribution is 0.0616. The average Bonchev–Trinajstić information content (AvgIpc) is 3.04. The van der Waals surface area contributed by atoms with Crippen molar-refractivity contribution in [2.45, 2.75) is 64.1 Å². The van der Waals surface area contributed by atoms with Crippen LogP contribution in [0.1, 0.15) is 49.8 Å². The van der Waals surface area contributed by atoms with Gasteiger partial charge in [-0.05, 0) is 76.7 Å². The zero-order valence-electron chi connectivity index (χ0n) is 16.1. The third-order valence-corrected chi connectivity index (χ3v) is 6.17. The molecule has 24 heavy (non-hydrogen) atoms. The first-order chi connectivity index (χ1) is 11.5. The molecule has 0 amide bonds. The summed E-state index contributed by atoms with van der Waals surface area (Å²) < 4.78 is 0. The Balaban J connectivity index is 1.50. The van der Waals surface area contributed by atoms with Gasteiger partial charge in [0.15, 0.2) is 0 Å². The number of benzene rings is 1. The van der Waals surface area contributed by atoms with Gasteiger partial charge >= 0.3 is 0 Å². The average molecular weight is 330 g/mol. The SMILES string of the molecule is CN(C)C1CCN(C(C)(C)CNCc2cccc3c2CCC3)CC1. The van der Waals surface area contributed by atoms with Gasteiger partial charge in [0.05, 0.1) is 0 Å². The van der Waals surface area contributed by atoms with Crippen LogP contribution < -0.4 is 5.32 Å². The lowest BCUT2D eigenvalue weighted by Gasteiger charge is -2.44. The highest BCUT2D eigenvalue weighted by Gasteiger charge is 2.30. The van der Waals surface area contributed by atoms with E-state index in [1.165, 1.54) is 50.8 Å². The van der Waals surface area contributed by atoms with Crippen LogP contribution in [0.25, 0.3) is 0 Å². The molecule has 0 atom stereocenters. The summed E-state index contributed by atoms with van der Waals surface area (Å²) in [5, 5.41) is 3.75. The first-order valence-corrected chi connectivity index (χ1v) is 9.69. The number of aryl methyl sites for hydroxylation is 1. The lowest BCUT2D eigenvalue weighted by atomic mass is 9.95. The van der Waals surface area contributed by atoms with Crippen LogP contribution in [0.15, 0.2) is 18.2 Å². The van der Waals surface area contributed by atoms with Crippen LogP contribution in [0.4, 0.5) is 0 Å². The molecule has 3 heteroatoms. The molecule has 0 saturated carbocycles. The van der Waals surface area contributed by atoms with Gasteiger partial charge in [0.2, 0.25) is 0 Å². The van der Waals surface area contributed by atoms with Gasteiger partial charge < -0.3 is 10.2 Å². The quantitative estimate of drug-likeness (QED) is 0.865. The van der Waals surface area contributed by atoms with Gasteiger partial charge in [-0.2, -0.15) is 0 Å². The van der Waals surface area contributed by atoms with Crippen molar-refractivity contribution in [1.82, 2.24) is 15.1 Å². The molecule has 0 aromatic heterocycles. The van der Waals surface area contributed by atoms with Crippen molar-refractivity contribution in [2.24, 2.45) is 0 Å². The van der Waals surface area contributed by atoms with Crippen LogP contribution in [0.2, 0.25) is 0 Å². The van der Waals surface area contributed by atoms with Gasteiger partial charge in [-0.1, -0.05) is 18.2 Å². The summed E-state index contributed by atoms with van der Waals surface area (Å²) in [6.07, 6.45) is 6.47. The van der Waals surface area contributed by atoms with Crippen molar-refractivity contribution in [3.8, 4) is 0 Å². The molecule has 1 aliphatic heterocycles. The molecule has 0 unspecified atom stereocenters. The summed E-state index contributed by atoms with van der Waals surface area (Å²) in [4.78, 5) is 5.06. The van der Waals surface area contributed by atoms with Crippen LogP contribution in [0.5, 0.6) is 0 Å². The number of hydrogen-bond acceptors (Lipinski definition) is 3. The van der Waals surface area contributed by atoms with E-state index in [1.807, 2.05) is 0 Å². The smallest absolute Gasteiger partial charge is 0.0277 e. The fourth-order valence-electron chi connectivity index (χ4n) is 4.47. The Morgan fingerprint density at radius 2 is 1.92 bits per heavy atom. The van der Waals surface area contributed by atoms with Crippen molar-refractivity contribution in [3.05, 3.63) is 34.9 Å². The van der Waals surface area contributed by atoms with Crippen LogP contribution in [0, 0.1) is 0 Å². The number of nitrogens with one attached hydrogen (secondary N) is 1. The van der Waals surface area contributed by atoms with Gasteiger partial charge in [0.1, 0.15) is 0 Å². The van der Waals surface area contributed by atoms with E-state index in [0.717, 1.165) is 19.1 Å². The Morgan fingerprint density at radius 1 is 1.17 bits per heavy atom. The van der Waals surface area contributed by atoms with E-state index < -0.39 is 0 Å². The summed E-state index contributed by atoms with van der Waals surface area (Å²) in [5.74, 6) is 0. The molecule has 1 aliphatic carbocycles. The Labute approximate surface area is 148 Å². The second kappa shape index (κ2) is 7.55. The van der Waals surface area contributed by atoms with Gasteiger partial charge in [-0.15, -0.1) is 0 Å². The Morgan fingerprint density at radius 3 is 2.62 bits per heavy atom. The topological polar surface area (TPSA) is 18.5 Å². The number of likely N-dealkylation sites (tertiary alicyclic amines) is 1. The Kier molecular flexibility index (Phi) is 5.63. The molecule has 1 aromatic rings. The second-order valence-electron chi connectivity index (χ2n) is 8.51. The number of fused-ring (bicyclic) bond motifs is 1. The van der Waals surface area contributed by atoms with Crippen molar-refractivity contribution in [3.63, 3.8) is 0 Å². The lowest BCUT2D eigenvalue weighted by Crippen LogP contribution is -2.55. The summed E-state index contributed by atoms with van der Waals surface area (Å²) in [5.41, 5.74) is 4.95. The Bertz CT molecular complexity index is 542. The first kappa shape index (κ1) is 17.9. The molecule has 1 fully saturated rings. The molecule has 3 nitrogen and oxygen atoms in total. The molecule has 134 valence electrons. The van der Waals surface area contributed by atoms with E-state index in [2.05, 4.69) is 61.3 Å². The predicted octanol–water partition coefficient (Wildman–Crippen LogP) is 3.07. The molecule has 0 bridgehead atoms. The molecule has 3 rings (SSSR count). The van der Waals surface area contributed by atoms with E-state index in [9.17, 15) is 0 Å². The van der Waals surface area contributed by atoms with Gasteiger partial charge in [-0.3, -0.25) is 4.90 Å². The maximum atomic E-state index is 3.75. The molecule has 1 saturated heterocycles. The van der Waals surface area contributed by atoms with Crippen molar-refractivity contribution in [1.29, 1.82) is 0 Å². The Hall–Kier alpha value is -0.900. The molecule has 1 N–H and O–H groups in total. The van der Waals surface area contributed by atoms with Crippen LogP contribution >= 0.6 is 0 Å². The van der Waals surface area contributed by atoms with Gasteiger partial charge in [0, 0.05) is 37.8 Å². The van der Waals surface area contributed by atoms with Crippen LogP contribution in [0.3, 0.4) is 0 Å². The molecule has 1 aromatic carbocycles.